The van der Waals surface area contributed by atoms with Crippen LogP contribution in [0.1, 0.15) is 19.8 Å². The fraction of sp³-hybridized carbons (Fsp3) is 0.462. The van der Waals surface area contributed by atoms with E-state index in [0.29, 0.717) is 29.7 Å². The molecule has 20 heavy (non-hydrogen) atoms. The smallest absolute Gasteiger partial charge is 0.244 e. The maximum absolute atomic E-state index is 12.7. The normalized spacial score (nSPS) is 23.1. The summed E-state index contributed by atoms with van der Waals surface area (Å²) in [4.78, 5) is 0.277. The fourth-order valence-corrected chi connectivity index (χ4v) is 4.84. The number of halogens is 1. The van der Waals surface area contributed by atoms with Gasteiger partial charge < -0.3 is 5.21 Å². The Morgan fingerprint density at radius 3 is 2.75 bits per heavy atom. The van der Waals surface area contributed by atoms with Crippen molar-refractivity contribution in [2.75, 3.05) is 13.1 Å². The van der Waals surface area contributed by atoms with Gasteiger partial charge in [-0.25, -0.2) is 8.42 Å². The highest BCUT2D eigenvalue weighted by molar-refractivity contribution is 9.10. The number of sulfonamides is 1. The van der Waals surface area contributed by atoms with Gasteiger partial charge in [-0.2, -0.15) is 4.31 Å². The average Bonchev–Trinajstić information content (AvgIpc) is 2.46. The second kappa shape index (κ2) is 6.24. The highest BCUT2D eigenvalue weighted by atomic mass is 79.9. The van der Waals surface area contributed by atoms with Crippen LogP contribution >= 0.6 is 15.9 Å². The van der Waals surface area contributed by atoms with E-state index in [0.717, 1.165) is 6.42 Å². The van der Waals surface area contributed by atoms with Gasteiger partial charge in [0.2, 0.25) is 10.0 Å². The lowest BCUT2D eigenvalue weighted by molar-refractivity contribution is 0.295. The lowest BCUT2D eigenvalue weighted by Crippen LogP contribution is -2.44. The van der Waals surface area contributed by atoms with Gasteiger partial charge in [0.25, 0.3) is 0 Å². The Balaban J connectivity index is 2.30. The van der Waals surface area contributed by atoms with Crippen LogP contribution in [0, 0.1) is 5.92 Å². The summed E-state index contributed by atoms with van der Waals surface area (Å²) in [5.74, 6) is -0.0222. The molecule has 1 aromatic carbocycles. The van der Waals surface area contributed by atoms with Gasteiger partial charge in [0.05, 0.1) is 10.6 Å². The molecule has 2 rings (SSSR count). The van der Waals surface area contributed by atoms with Gasteiger partial charge in [-0.1, -0.05) is 24.2 Å². The van der Waals surface area contributed by atoms with Crippen molar-refractivity contribution in [1.82, 2.24) is 4.31 Å². The maximum Gasteiger partial charge on any atom is 0.244 e. The van der Waals surface area contributed by atoms with Crippen LogP contribution in [0.2, 0.25) is 0 Å². The second-order valence-electron chi connectivity index (χ2n) is 4.74. The van der Waals surface area contributed by atoms with E-state index in [9.17, 15) is 8.42 Å². The molecule has 0 spiro atoms. The highest BCUT2D eigenvalue weighted by Crippen LogP contribution is 2.28. The van der Waals surface area contributed by atoms with Gasteiger partial charge in [-0.3, -0.25) is 0 Å². The van der Waals surface area contributed by atoms with Gasteiger partial charge in [-0.15, -0.1) is 0 Å². The number of oxime groups is 1. The Morgan fingerprint density at radius 2 is 2.15 bits per heavy atom. The maximum atomic E-state index is 12.7. The van der Waals surface area contributed by atoms with Crippen LogP contribution in [0.3, 0.4) is 0 Å². The van der Waals surface area contributed by atoms with Crippen molar-refractivity contribution < 1.29 is 13.6 Å². The minimum absolute atomic E-state index is 0.0222. The van der Waals surface area contributed by atoms with Crippen LogP contribution in [0.4, 0.5) is 0 Å². The zero-order valence-corrected chi connectivity index (χ0v) is 13.6. The van der Waals surface area contributed by atoms with Gasteiger partial charge in [0.1, 0.15) is 0 Å². The molecule has 1 heterocycles. The largest absolute Gasteiger partial charge is 0.411 e. The van der Waals surface area contributed by atoms with Crippen molar-refractivity contribution in [3.05, 3.63) is 28.7 Å². The van der Waals surface area contributed by atoms with Crippen molar-refractivity contribution in [3.63, 3.8) is 0 Å². The Bertz CT molecular complexity index is 616. The van der Waals surface area contributed by atoms with Crippen molar-refractivity contribution in [2.45, 2.75) is 24.7 Å². The molecule has 1 fully saturated rings. The molecule has 0 saturated carbocycles. The standard InChI is InChI=1S/C13H17BrN2O3S/c1-2-10-9-16(8-7-12(10)15-17)20(18,19)13-6-4-3-5-11(13)14/h3-6,10,17H,2,7-9H2,1H3/b15-12+. The molecule has 0 aliphatic carbocycles. The van der Waals surface area contributed by atoms with Crippen molar-refractivity contribution in [1.29, 1.82) is 0 Å². The molecular weight excluding hydrogens is 344 g/mol. The lowest BCUT2D eigenvalue weighted by Gasteiger charge is -2.32. The van der Waals surface area contributed by atoms with E-state index in [1.165, 1.54) is 4.31 Å². The number of hydrogen-bond donors (Lipinski definition) is 1. The first-order valence-corrected chi connectivity index (χ1v) is 8.69. The molecule has 110 valence electrons. The predicted molar refractivity (Wildman–Crippen MR) is 80.5 cm³/mol. The molecule has 1 N–H and O–H groups in total. The van der Waals surface area contributed by atoms with Crippen LogP contribution in [0.25, 0.3) is 0 Å². The third-order valence-electron chi connectivity index (χ3n) is 3.59. The first-order valence-electron chi connectivity index (χ1n) is 6.46. The molecule has 1 atom stereocenters. The molecule has 1 aliphatic rings. The van der Waals surface area contributed by atoms with E-state index in [4.69, 9.17) is 5.21 Å². The van der Waals surface area contributed by atoms with Gasteiger partial charge in [0.15, 0.2) is 0 Å². The fourth-order valence-electron chi connectivity index (χ4n) is 2.39. The summed E-state index contributed by atoms with van der Waals surface area (Å²) in [6.45, 7) is 2.67. The minimum atomic E-state index is -3.52. The summed E-state index contributed by atoms with van der Waals surface area (Å²) in [5, 5.41) is 12.2. The van der Waals surface area contributed by atoms with Gasteiger partial charge in [0, 0.05) is 29.9 Å². The van der Waals surface area contributed by atoms with Crippen LogP contribution in [-0.2, 0) is 10.0 Å². The molecule has 1 saturated heterocycles. The zero-order chi connectivity index (χ0) is 14.8. The molecule has 1 unspecified atom stereocenters. The Kier molecular flexibility index (Phi) is 4.82. The third kappa shape index (κ3) is 2.89. The summed E-state index contributed by atoms with van der Waals surface area (Å²) in [6.07, 6.45) is 1.22. The Labute approximate surface area is 127 Å². The third-order valence-corrected chi connectivity index (χ3v) is 6.47. The summed E-state index contributed by atoms with van der Waals surface area (Å²) in [7, 11) is -3.52. The first kappa shape index (κ1) is 15.5. The lowest BCUT2D eigenvalue weighted by atomic mass is 9.95. The molecular formula is C13H17BrN2O3S. The molecule has 1 aliphatic heterocycles. The molecule has 0 aromatic heterocycles. The molecule has 0 radical (unpaired) electrons. The molecule has 7 heteroatoms. The predicted octanol–water partition coefficient (Wildman–Crippen LogP) is 2.70. The SMILES string of the molecule is CCC1CN(S(=O)(=O)c2ccccc2Br)CC/C1=N\O. The number of nitrogens with zero attached hydrogens (tertiary/aromatic N) is 2. The van der Waals surface area contributed by atoms with E-state index in [2.05, 4.69) is 21.1 Å². The van der Waals surface area contributed by atoms with Crippen molar-refractivity contribution >= 4 is 31.7 Å². The zero-order valence-electron chi connectivity index (χ0n) is 11.2. The minimum Gasteiger partial charge on any atom is -0.411 e. The molecule has 0 amide bonds. The molecule has 1 aromatic rings. The monoisotopic (exact) mass is 360 g/mol. The Morgan fingerprint density at radius 1 is 1.45 bits per heavy atom. The number of hydrogen-bond acceptors (Lipinski definition) is 4. The van der Waals surface area contributed by atoms with Crippen LogP contribution in [0.5, 0.6) is 0 Å². The highest BCUT2D eigenvalue weighted by Gasteiger charge is 2.33. The van der Waals surface area contributed by atoms with Crippen LogP contribution in [-0.4, -0.2) is 36.7 Å². The van der Waals surface area contributed by atoms with Crippen LogP contribution < -0.4 is 0 Å². The second-order valence-corrected chi connectivity index (χ2v) is 7.50. The number of piperidine rings is 1. The van der Waals surface area contributed by atoms with Crippen molar-refractivity contribution in [2.24, 2.45) is 11.1 Å². The summed E-state index contributed by atoms with van der Waals surface area (Å²) in [6, 6.07) is 6.80. The Hall–Kier alpha value is -0.920. The van der Waals surface area contributed by atoms with Gasteiger partial charge in [-0.05, 0) is 34.5 Å². The van der Waals surface area contributed by atoms with E-state index in [1.807, 2.05) is 6.92 Å². The average molecular weight is 361 g/mol. The summed E-state index contributed by atoms with van der Waals surface area (Å²) >= 11 is 3.29. The molecule has 0 bridgehead atoms. The van der Waals surface area contributed by atoms with Crippen molar-refractivity contribution in [3.8, 4) is 0 Å². The van der Waals surface area contributed by atoms with E-state index in [1.54, 1.807) is 24.3 Å². The van der Waals surface area contributed by atoms with Crippen LogP contribution in [0.15, 0.2) is 38.8 Å². The quantitative estimate of drug-likeness (QED) is 0.665. The van der Waals surface area contributed by atoms with E-state index >= 15 is 0 Å². The molecule has 5 nitrogen and oxygen atoms in total. The van der Waals surface area contributed by atoms with E-state index in [-0.39, 0.29) is 10.8 Å². The number of rotatable bonds is 3. The van der Waals surface area contributed by atoms with Gasteiger partial charge >= 0.3 is 0 Å². The number of benzene rings is 1. The topological polar surface area (TPSA) is 70.0 Å². The summed E-state index contributed by atoms with van der Waals surface area (Å²) in [5.41, 5.74) is 0.686. The summed E-state index contributed by atoms with van der Waals surface area (Å²) < 4.78 is 27.3. The first-order chi connectivity index (χ1) is 9.50. The van der Waals surface area contributed by atoms with E-state index < -0.39 is 10.0 Å².